The first kappa shape index (κ1) is 13.8. The minimum absolute atomic E-state index is 0.466. The molecule has 2 N–H and O–H groups in total. The summed E-state index contributed by atoms with van der Waals surface area (Å²) >= 11 is 0. The second-order valence-corrected chi connectivity index (χ2v) is 5.24. The van der Waals surface area contributed by atoms with Crippen molar-refractivity contribution in [1.29, 1.82) is 0 Å². The lowest BCUT2D eigenvalue weighted by atomic mass is 10.1. The highest BCUT2D eigenvalue weighted by atomic mass is 16.3. The van der Waals surface area contributed by atoms with Crippen LogP contribution in [-0.2, 0) is 6.54 Å². The lowest BCUT2D eigenvalue weighted by molar-refractivity contribution is 0.174. The molecule has 0 aliphatic carbocycles. The topological polar surface area (TPSA) is 32.3 Å². The molecule has 0 aliphatic heterocycles. The van der Waals surface area contributed by atoms with E-state index in [0.29, 0.717) is 6.54 Å². The molecule has 3 aromatic rings. The standard InChI is InChI=1S/C19H19NO/c21-19(17-7-2-1-3-8-17)14-20-13-15-10-11-16-6-4-5-9-18(16)12-15/h1-12,19-21H,13-14H2/t19-/m0/s1. The van der Waals surface area contributed by atoms with Crippen molar-refractivity contribution in [3.05, 3.63) is 83.9 Å². The third kappa shape index (κ3) is 3.48. The molecular formula is C19H19NO. The van der Waals surface area contributed by atoms with Crippen LogP contribution in [0.5, 0.6) is 0 Å². The highest BCUT2D eigenvalue weighted by molar-refractivity contribution is 5.82. The summed E-state index contributed by atoms with van der Waals surface area (Å²) in [5, 5.41) is 15.9. The molecule has 0 saturated carbocycles. The monoisotopic (exact) mass is 277 g/mol. The summed E-state index contributed by atoms with van der Waals surface area (Å²) in [6.07, 6.45) is -0.466. The van der Waals surface area contributed by atoms with E-state index >= 15 is 0 Å². The normalized spacial score (nSPS) is 12.4. The number of aliphatic hydroxyl groups is 1. The van der Waals surface area contributed by atoms with Crippen molar-refractivity contribution in [2.45, 2.75) is 12.6 Å². The Bertz CT molecular complexity index is 709. The van der Waals surface area contributed by atoms with Gasteiger partial charge in [-0.05, 0) is 28.0 Å². The summed E-state index contributed by atoms with van der Waals surface area (Å²) < 4.78 is 0. The molecule has 0 spiro atoms. The van der Waals surface area contributed by atoms with E-state index in [0.717, 1.165) is 12.1 Å². The summed E-state index contributed by atoms with van der Waals surface area (Å²) in [7, 11) is 0. The average Bonchev–Trinajstić information content (AvgIpc) is 2.55. The fourth-order valence-electron chi connectivity index (χ4n) is 2.50. The molecule has 0 amide bonds. The Balaban J connectivity index is 1.59. The molecular weight excluding hydrogens is 258 g/mol. The van der Waals surface area contributed by atoms with Gasteiger partial charge in [-0.2, -0.15) is 0 Å². The van der Waals surface area contributed by atoms with Gasteiger partial charge >= 0.3 is 0 Å². The predicted molar refractivity (Wildman–Crippen MR) is 87.1 cm³/mol. The zero-order chi connectivity index (χ0) is 14.5. The van der Waals surface area contributed by atoms with Crippen molar-refractivity contribution in [3.63, 3.8) is 0 Å². The van der Waals surface area contributed by atoms with E-state index in [9.17, 15) is 5.11 Å². The molecule has 3 aromatic carbocycles. The van der Waals surface area contributed by atoms with Gasteiger partial charge in [0.15, 0.2) is 0 Å². The SMILES string of the molecule is O[C@@H](CNCc1ccc2ccccc2c1)c1ccccc1. The molecule has 0 aliphatic rings. The minimum Gasteiger partial charge on any atom is -0.387 e. The van der Waals surface area contributed by atoms with Crippen LogP contribution in [0, 0.1) is 0 Å². The molecule has 21 heavy (non-hydrogen) atoms. The van der Waals surface area contributed by atoms with E-state index in [2.05, 4.69) is 47.8 Å². The smallest absolute Gasteiger partial charge is 0.0914 e. The summed E-state index contributed by atoms with van der Waals surface area (Å²) in [4.78, 5) is 0. The molecule has 106 valence electrons. The van der Waals surface area contributed by atoms with Crippen molar-refractivity contribution in [3.8, 4) is 0 Å². The Hall–Kier alpha value is -2.16. The molecule has 3 rings (SSSR count). The van der Waals surface area contributed by atoms with Crippen LogP contribution in [0.15, 0.2) is 72.8 Å². The van der Waals surface area contributed by atoms with Crippen LogP contribution in [0.4, 0.5) is 0 Å². The zero-order valence-corrected chi connectivity index (χ0v) is 11.9. The number of benzene rings is 3. The quantitative estimate of drug-likeness (QED) is 0.746. The molecule has 0 radical (unpaired) electrons. The number of nitrogens with one attached hydrogen (secondary N) is 1. The Morgan fingerprint density at radius 2 is 1.52 bits per heavy atom. The van der Waals surface area contributed by atoms with Gasteiger partial charge in [0.1, 0.15) is 0 Å². The fourth-order valence-corrected chi connectivity index (χ4v) is 2.50. The van der Waals surface area contributed by atoms with E-state index in [1.807, 2.05) is 30.3 Å². The van der Waals surface area contributed by atoms with E-state index in [1.165, 1.54) is 16.3 Å². The fraction of sp³-hybridized carbons (Fsp3) is 0.158. The van der Waals surface area contributed by atoms with E-state index in [1.54, 1.807) is 0 Å². The Morgan fingerprint density at radius 1 is 0.810 bits per heavy atom. The van der Waals surface area contributed by atoms with Crippen LogP contribution in [-0.4, -0.2) is 11.7 Å². The molecule has 0 fully saturated rings. The van der Waals surface area contributed by atoms with Gasteiger partial charge in [-0.3, -0.25) is 0 Å². The van der Waals surface area contributed by atoms with Crippen molar-refractivity contribution in [1.82, 2.24) is 5.32 Å². The van der Waals surface area contributed by atoms with Gasteiger partial charge in [0.2, 0.25) is 0 Å². The lowest BCUT2D eigenvalue weighted by Gasteiger charge is -2.12. The van der Waals surface area contributed by atoms with Gasteiger partial charge in [0.05, 0.1) is 6.10 Å². The van der Waals surface area contributed by atoms with Gasteiger partial charge in [-0.25, -0.2) is 0 Å². The Labute approximate surface area is 125 Å². The third-order valence-electron chi connectivity index (χ3n) is 3.67. The molecule has 2 nitrogen and oxygen atoms in total. The number of rotatable bonds is 5. The Morgan fingerprint density at radius 3 is 2.33 bits per heavy atom. The van der Waals surface area contributed by atoms with Gasteiger partial charge < -0.3 is 10.4 Å². The maximum absolute atomic E-state index is 10.1. The molecule has 0 unspecified atom stereocenters. The van der Waals surface area contributed by atoms with Crippen LogP contribution >= 0.6 is 0 Å². The minimum atomic E-state index is -0.466. The summed E-state index contributed by atoms with van der Waals surface area (Å²) in [5.74, 6) is 0. The number of fused-ring (bicyclic) bond motifs is 1. The summed E-state index contributed by atoms with van der Waals surface area (Å²) in [6.45, 7) is 1.31. The number of hydrogen-bond acceptors (Lipinski definition) is 2. The van der Waals surface area contributed by atoms with Gasteiger partial charge in [-0.1, -0.05) is 66.7 Å². The Kier molecular flexibility index (Phi) is 4.29. The first-order chi connectivity index (χ1) is 10.3. The molecule has 0 aromatic heterocycles. The third-order valence-corrected chi connectivity index (χ3v) is 3.67. The van der Waals surface area contributed by atoms with Crippen LogP contribution < -0.4 is 5.32 Å². The predicted octanol–water partition coefficient (Wildman–Crippen LogP) is 3.66. The van der Waals surface area contributed by atoms with Crippen molar-refractivity contribution >= 4 is 10.8 Å². The lowest BCUT2D eigenvalue weighted by Crippen LogP contribution is -2.21. The summed E-state index contributed by atoms with van der Waals surface area (Å²) in [6, 6.07) is 24.5. The van der Waals surface area contributed by atoms with Crippen molar-refractivity contribution in [2.24, 2.45) is 0 Å². The molecule has 0 bridgehead atoms. The largest absolute Gasteiger partial charge is 0.387 e. The van der Waals surface area contributed by atoms with E-state index in [-0.39, 0.29) is 0 Å². The van der Waals surface area contributed by atoms with Crippen LogP contribution in [0.2, 0.25) is 0 Å². The molecule has 0 saturated heterocycles. The second-order valence-electron chi connectivity index (χ2n) is 5.24. The van der Waals surface area contributed by atoms with Crippen molar-refractivity contribution < 1.29 is 5.11 Å². The first-order valence-corrected chi connectivity index (χ1v) is 7.24. The first-order valence-electron chi connectivity index (χ1n) is 7.24. The highest BCUT2D eigenvalue weighted by Crippen LogP contribution is 2.16. The number of aliphatic hydroxyl groups excluding tert-OH is 1. The molecule has 0 heterocycles. The van der Waals surface area contributed by atoms with Crippen LogP contribution in [0.25, 0.3) is 10.8 Å². The van der Waals surface area contributed by atoms with Gasteiger partial charge in [0.25, 0.3) is 0 Å². The van der Waals surface area contributed by atoms with Crippen molar-refractivity contribution in [2.75, 3.05) is 6.54 Å². The molecule has 2 heteroatoms. The molecule has 1 atom stereocenters. The number of hydrogen-bond donors (Lipinski definition) is 2. The maximum Gasteiger partial charge on any atom is 0.0914 e. The van der Waals surface area contributed by atoms with Crippen LogP contribution in [0.3, 0.4) is 0 Å². The van der Waals surface area contributed by atoms with E-state index in [4.69, 9.17) is 0 Å². The second kappa shape index (κ2) is 6.53. The zero-order valence-electron chi connectivity index (χ0n) is 11.9. The highest BCUT2D eigenvalue weighted by Gasteiger charge is 2.05. The van der Waals surface area contributed by atoms with E-state index < -0.39 is 6.10 Å². The summed E-state index contributed by atoms with van der Waals surface area (Å²) in [5.41, 5.74) is 2.18. The van der Waals surface area contributed by atoms with Gasteiger partial charge in [0, 0.05) is 13.1 Å². The maximum atomic E-state index is 10.1. The average molecular weight is 277 g/mol. The van der Waals surface area contributed by atoms with Crippen LogP contribution in [0.1, 0.15) is 17.2 Å². The van der Waals surface area contributed by atoms with Gasteiger partial charge in [-0.15, -0.1) is 0 Å².